The van der Waals surface area contributed by atoms with Gasteiger partial charge in [-0.1, -0.05) is 64.3 Å². The Kier molecular flexibility index (Phi) is 5.08. The molecule has 0 saturated heterocycles. The highest BCUT2D eigenvalue weighted by Crippen LogP contribution is 2.70. The molecule has 1 N–H and O–H groups in total. The van der Waals surface area contributed by atoms with E-state index < -0.39 is 11.8 Å². The predicted octanol–water partition coefficient (Wildman–Crippen LogP) is 6.44. The van der Waals surface area contributed by atoms with Crippen LogP contribution in [0, 0.1) is 33.5 Å². The van der Waals surface area contributed by atoms with Crippen LogP contribution < -0.4 is 0 Å². The molecule has 0 radical (unpaired) electrons. The number of allylic oxidation sites excluding steroid dienone is 4. The first-order valence-electron chi connectivity index (χ1n) is 13.3. The molecule has 4 nitrogen and oxygen atoms in total. The number of cyclic esters (lactones) is 1. The van der Waals surface area contributed by atoms with E-state index in [1.54, 1.807) is 24.1 Å². The lowest BCUT2D eigenvalue weighted by molar-refractivity contribution is -0.182. The third-order valence-electron chi connectivity index (χ3n) is 11.3. The summed E-state index contributed by atoms with van der Waals surface area (Å²) in [5.41, 5.74) is 5.21. The Morgan fingerprint density at radius 3 is 2.38 bits per heavy atom. The van der Waals surface area contributed by atoms with Gasteiger partial charge in [0.25, 0.3) is 0 Å². The van der Waals surface area contributed by atoms with Crippen molar-refractivity contribution in [3.05, 3.63) is 34.4 Å². The van der Waals surface area contributed by atoms with Gasteiger partial charge in [0.15, 0.2) is 0 Å². The van der Waals surface area contributed by atoms with Crippen LogP contribution in [0.2, 0.25) is 0 Å². The zero-order valence-electron chi connectivity index (χ0n) is 22.1. The molecule has 5 rings (SSSR count). The lowest BCUT2D eigenvalue weighted by atomic mass is 9.43. The zero-order valence-corrected chi connectivity index (χ0v) is 22.1. The van der Waals surface area contributed by atoms with Crippen molar-refractivity contribution in [3.8, 4) is 0 Å². The Balaban J connectivity index is 1.46. The first kappa shape index (κ1) is 24.0. The largest absolute Gasteiger partial charge is 0.426 e. The second-order valence-corrected chi connectivity index (χ2v) is 13.3. The molecule has 0 spiro atoms. The summed E-state index contributed by atoms with van der Waals surface area (Å²) in [6, 6.07) is 0. The molecule has 5 aliphatic rings. The molecule has 0 amide bonds. The zero-order chi connectivity index (χ0) is 24.9. The third-order valence-corrected chi connectivity index (χ3v) is 11.3. The highest BCUT2D eigenvalue weighted by atomic mass is 16.7. The summed E-state index contributed by atoms with van der Waals surface area (Å²) < 4.78 is 5.33. The molecule has 4 aliphatic carbocycles. The number of ether oxygens (including phenoxy) is 1. The summed E-state index contributed by atoms with van der Waals surface area (Å²) in [6.07, 6.45) is 11.5. The van der Waals surface area contributed by atoms with Crippen LogP contribution in [0.1, 0.15) is 99.8 Å². The second-order valence-electron chi connectivity index (χ2n) is 13.3. The van der Waals surface area contributed by atoms with Gasteiger partial charge in [-0.05, 0) is 74.2 Å². The maximum absolute atomic E-state index is 12.8. The maximum Gasteiger partial charge on any atom is 0.336 e. The Morgan fingerprint density at radius 2 is 1.74 bits per heavy atom. The maximum atomic E-state index is 12.8. The number of carbonyl (C=O) groups is 2. The van der Waals surface area contributed by atoms with Gasteiger partial charge in [0.1, 0.15) is 5.78 Å². The molecule has 1 aliphatic heterocycles. The molecule has 1 fully saturated rings. The number of ketones is 1. The summed E-state index contributed by atoms with van der Waals surface area (Å²) in [6.45, 7) is 15.6. The van der Waals surface area contributed by atoms with Gasteiger partial charge in [0.05, 0.1) is 0 Å². The number of hydrogen-bond acceptors (Lipinski definition) is 4. The molecule has 0 aromatic heterocycles. The van der Waals surface area contributed by atoms with E-state index in [0.29, 0.717) is 30.1 Å². The number of fused-ring (bicyclic) bond motifs is 4. The molecule has 1 heterocycles. The van der Waals surface area contributed by atoms with E-state index >= 15 is 0 Å². The van der Waals surface area contributed by atoms with Crippen LogP contribution in [0.25, 0.3) is 0 Å². The van der Waals surface area contributed by atoms with Gasteiger partial charge in [-0.2, -0.15) is 0 Å². The summed E-state index contributed by atoms with van der Waals surface area (Å²) in [5, 5.41) is 10.9. The van der Waals surface area contributed by atoms with Crippen LogP contribution in [0.4, 0.5) is 0 Å². The minimum atomic E-state index is -1.50. The predicted molar refractivity (Wildman–Crippen MR) is 133 cm³/mol. The SMILES string of the molecule is CC1=CC(O)(C[C@@H](C)C2=CC[C@@]3(C)C4=C(CC[C@]23C)[C@@]2(C)CCC(=O)C(C)(C)[C@@H]2CC4)OC1=O. The number of rotatable bonds is 3. The van der Waals surface area contributed by atoms with E-state index in [4.69, 9.17) is 4.74 Å². The van der Waals surface area contributed by atoms with Gasteiger partial charge in [-0.3, -0.25) is 4.79 Å². The van der Waals surface area contributed by atoms with Crippen LogP contribution in [-0.2, 0) is 14.3 Å². The lowest BCUT2D eigenvalue weighted by Crippen LogP contribution is -2.53. The van der Waals surface area contributed by atoms with Crippen LogP contribution in [0.5, 0.6) is 0 Å². The van der Waals surface area contributed by atoms with Gasteiger partial charge in [-0.15, -0.1) is 0 Å². The summed E-state index contributed by atoms with van der Waals surface area (Å²) in [4.78, 5) is 24.7. The number of esters is 1. The average molecular weight is 467 g/mol. The van der Waals surface area contributed by atoms with Crippen LogP contribution >= 0.6 is 0 Å². The van der Waals surface area contributed by atoms with Crippen molar-refractivity contribution in [3.63, 3.8) is 0 Å². The molecule has 0 aromatic rings. The van der Waals surface area contributed by atoms with Crippen molar-refractivity contribution in [1.29, 1.82) is 0 Å². The van der Waals surface area contributed by atoms with Gasteiger partial charge in [0, 0.05) is 29.2 Å². The molecule has 1 saturated carbocycles. The van der Waals surface area contributed by atoms with Crippen molar-refractivity contribution in [2.24, 2.45) is 33.5 Å². The van der Waals surface area contributed by atoms with E-state index in [1.807, 2.05) is 0 Å². The Morgan fingerprint density at radius 1 is 1.03 bits per heavy atom. The first-order valence-corrected chi connectivity index (χ1v) is 13.3. The number of Topliss-reactive ketones (excluding diaryl/α,β-unsaturated/α-hetero) is 1. The monoisotopic (exact) mass is 466 g/mol. The minimum absolute atomic E-state index is 0.0339. The normalized spacial score (nSPS) is 44.1. The van der Waals surface area contributed by atoms with Gasteiger partial charge in [-0.25, -0.2) is 4.79 Å². The van der Waals surface area contributed by atoms with Crippen LogP contribution in [0.15, 0.2) is 34.4 Å². The van der Waals surface area contributed by atoms with Crippen molar-refractivity contribution >= 4 is 11.8 Å². The fraction of sp³-hybridized carbons (Fsp3) is 0.733. The molecule has 0 aromatic carbocycles. The van der Waals surface area contributed by atoms with Crippen molar-refractivity contribution in [2.75, 3.05) is 0 Å². The van der Waals surface area contributed by atoms with Gasteiger partial charge in [0.2, 0.25) is 5.79 Å². The molecule has 4 heteroatoms. The van der Waals surface area contributed by atoms with Crippen LogP contribution in [-0.4, -0.2) is 22.6 Å². The standard InChI is InChI=1S/C30H42O4/c1-18(16-30(33)17-19(2)25(32)34-30)20-10-14-29(7)22-8-9-23-26(3,4)24(31)12-13-27(23,5)21(22)11-15-28(20,29)6/h10,17-18,23,33H,8-9,11-16H2,1-7H3/t18-,23+,27-,28-,29+,30?/m1/s1. The minimum Gasteiger partial charge on any atom is -0.426 e. The van der Waals surface area contributed by atoms with Crippen molar-refractivity contribution in [2.45, 2.75) is 106 Å². The van der Waals surface area contributed by atoms with Gasteiger partial charge < -0.3 is 9.84 Å². The smallest absolute Gasteiger partial charge is 0.336 e. The second kappa shape index (κ2) is 7.18. The van der Waals surface area contributed by atoms with E-state index in [9.17, 15) is 14.7 Å². The summed E-state index contributed by atoms with van der Waals surface area (Å²) in [5.74, 6) is -0.923. The summed E-state index contributed by atoms with van der Waals surface area (Å²) >= 11 is 0. The molecule has 1 unspecified atom stereocenters. The number of hydrogen-bond donors (Lipinski definition) is 1. The van der Waals surface area contributed by atoms with E-state index in [-0.39, 0.29) is 27.6 Å². The van der Waals surface area contributed by atoms with Crippen molar-refractivity contribution in [1.82, 2.24) is 0 Å². The Bertz CT molecular complexity index is 1060. The molecule has 6 atom stereocenters. The molecular weight excluding hydrogens is 424 g/mol. The number of aliphatic hydroxyl groups is 1. The van der Waals surface area contributed by atoms with Crippen LogP contribution in [0.3, 0.4) is 0 Å². The van der Waals surface area contributed by atoms with E-state index in [2.05, 4.69) is 47.6 Å². The molecular formula is C30H42O4. The molecule has 34 heavy (non-hydrogen) atoms. The topological polar surface area (TPSA) is 63.6 Å². The number of carbonyl (C=O) groups excluding carboxylic acids is 2. The van der Waals surface area contributed by atoms with E-state index in [1.165, 1.54) is 5.57 Å². The highest BCUT2D eigenvalue weighted by molar-refractivity contribution is 5.90. The highest BCUT2D eigenvalue weighted by Gasteiger charge is 2.61. The quantitative estimate of drug-likeness (QED) is 0.384. The van der Waals surface area contributed by atoms with Gasteiger partial charge >= 0.3 is 5.97 Å². The average Bonchev–Trinajstić information content (AvgIpc) is 3.16. The summed E-state index contributed by atoms with van der Waals surface area (Å²) in [7, 11) is 0. The Hall–Kier alpha value is -1.68. The molecule has 0 bridgehead atoms. The Labute approximate surface area is 204 Å². The first-order chi connectivity index (χ1) is 15.7. The third kappa shape index (κ3) is 2.99. The molecule has 186 valence electrons. The fourth-order valence-electron chi connectivity index (χ4n) is 9.13. The van der Waals surface area contributed by atoms with Crippen molar-refractivity contribution < 1.29 is 19.4 Å². The van der Waals surface area contributed by atoms with E-state index in [0.717, 1.165) is 38.5 Å². The lowest BCUT2D eigenvalue weighted by Gasteiger charge is -2.60. The fourth-order valence-corrected chi connectivity index (χ4v) is 9.13.